The predicted molar refractivity (Wildman–Crippen MR) is 117 cm³/mol. The van der Waals surface area contributed by atoms with Crippen molar-refractivity contribution in [3.8, 4) is 5.75 Å². The number of rotatable bonds is 9. The van der Waals surface area contributed by atoms with Crippen LogP contribution in [-0.2, 0) is 6.18 Å². The molecule has 31 heavy (non-hydrogen) atoms. The maximum atomic E-state index is 13.5. The molecule has 0 fully saturated rings. The second-order valence-corrected chi connectivity index (χ2v) is 7.98. The van der Waals surface area contributed by atoms with Crippen molar-refractivity contribution in [3.63, 3.8) is 0 Å². The molecule has 0 bridgehead atoms. The summed E-state index contributed by atoms with van der Waals surface area (Å²) < 4.78 is 46.3. The van der Waals surface area contributed by atoms with Crippen LogP contribution >= 0.6 is 11.8 Å². The van der Waals surface area contributed by atoms with Gasteiger partial charge in [0, 0.05) is 29.9 Å². The molecule has 1 aromatic heterocycles. The van der Waals surface area contributed by atoms with Crippen LogP contribution in [0.3, 0.4) is 0 Å². The number of nitrogens with zero attached hydrogens (tertiary/aromatic N) is 3. The summed E-state index contributed by atoms with van der Waals surface area (Å²) in [5.41, 5.74) is -0.130. The third kappa shape index (κ3) is 6.37. The Morgan fingerprint density at radius 2 is 1.81 bits per heavy atom. The van der Waals surface area contributed by atoms with E-state index in [0.717, 1.165) is 42.9 Å². The normalized spacial score (nSPS) is 11.4. The topological polar surface area (TPSA) is 38.2 Å². The SMILES string of the molecule is CCCCCOc1cccc(N(C)c2ncc(C(F)(F)F)c(Sc3ccccc3)n2)c1. The molecule has 8 heteroatoms. The lowest BCUT2D eigenvalue weighted by atomic mass is 10.2. The summed E-state index contributed by atoms with van der Waals surface area (Å²) in [5.74, 6) is 0.876. The van der Waals surface area contributed by atoms with Crippen molar-refractivity contribution in [1.29, 1.82) is 0 Å². The molecule has 0 aliphatic heterocycles. The molecule has 0 radical (unpaired) electrons. The summed E-state index contributed by atoms with van der Waals surface area (Å²) in [7, 11) is 1.72. The number of aromatic nitrogens is 2. The van der Waals surface area contributed by atoms with E-state index in [9.17, 15) is 13.2 Å². The lowest BCUT2D eigenvalue weighted by Crippen LogP contribution is -2.16. The Hall–Kier alpha value is -2.74. The Balaban J connectivity index is 1.86. The van der Waals surface area contributed by atoms with Gasteiger partial charge in [0.25, 0.3) is 0 Å². The number of hydrogen-bond donors (Lipinski definition) is 0. The van der Waals surface area contributed by atoms with Crippen LogP contribution in [0.2, 0.25) is 0 Å². The Morgan fingerprint density at radius 1 is 1.03 bits per heavy atom. The van der Waals surface area contributed by atoms with Gasteiger partial charge in [0.2, 0.25) is 5.95 Å². The Bertz CT molecular complexity index is 983. The van der Waals surface area contributed by atoms with Crippen LogP contribution in [0.15, 0.2) is 70.7 Å². The lowest BCUT2D eigenvalue weighted by molar-refractivity contribution is -0.140. The monoisotopic (exact) mass is 447 g/mol. The molecule has 0 saturated carbocycles. The highest BCUT2D eigenvalue weighted by Gasteiger charge is 2.35. The molecule has 4 nitrogen and oxygen atoms in total. The van der Waals surface area contributed by atoms with Gasteiger partial charge in [-0.1, -0.05) is 55.8 Å². The van der Waals surface area contributed by atoms with E-state index in [1.54, 1.807) is 36.2 Å². The fourth-order valence-electron chi connectivity index (χ4n) is 2.83. The van der Waals surface area contributed by atoms with Crippen LogP contribution in [0, 0.1) is 0 Å². The molecule has 1 heterocycles. The third-order valence-corrected chi connectivity index (χ3v) is 5.54. The third-order valence-electron chi connectivity index (χ3n) is 4.53. The Labute approximate surface area is 184 Å². The number of hydrogen-bond acceptors (Lipinski definition) is 5. The van der Waals surface area contributed by atoms with Crippen molar-refractivity contribution in [1.82, 2.24) is 9.97 Å². The van der Waals surface area contributed by atoms with E-state index in [-0.39, 0.29) is 11.0 Å². The van der Waals surface area contributed by atoms with Crippen LogP contribution in [0.5, 0.6) is 5.75 Å². The quantitative estimate of drug-likeness (QED) is 0.261. The zero-order valence-corrected chi connectivity index (χ0v) is 18.2. The van der Waals surface area contributed by atoms with Crippen LogP contribution < -0.4 is 9.64 Å². The molecule has 2 aromatic carbocycles. The van der Waals surface area contributed by atoms with E-state index in [2.05, 4.69) is 16.9 Å². The van der Waals surface area contributed by atoms with Crippen LogP contribution in [-0.4, -0.2) is 23.6 Å². The summed E-state index contributed by atoms with van der Waals surface area (Å²) in [6.45, 7) is 2.75. The van der Waals surface area contributed by atoms with Gasteiger partial charge in [-0.3, -0.25) is 0 Å². The van der Waals surface area contributed by atoms with Crippen molar-refractivity contribution in [2.45, 2.75) is 42.3 Å². The number of unbranched alkanes of at least 4 members (excludes halogenated alkanes) is 2. The maximum absolute atomic E-state index is 13.5. The molecule has 0 atom stereocenters. The number of halogens is 3. The van der Waals surface area contributed by atoms with Crippen molar-refractivity contribution >= 4 is 23.4 Å². The highest BCUT2D eigenvalue weighted by molar-refractivity contribution is 7.99. The molecule has 0 aliphatic rings. The van der Waals surface area contributed by atoms with E-state index in [1.807, 2.05) is 30.3 Å². The van der Waals surface area contributed by atoms with Gasteiger partial charge in [0.1, 0.15) is 16.3 Å². The number of alkyl halides is 3. The minimum Gasteiger partial charge on any atom is -0.494 e. The number of benzene rings is 2. The highest BCUT2D eigenvalue weighted by Crippen LogP contribution is 2.39. The molecule has 164 valence electrons. The smallest absolute Gasteiger partial charge is 0.420 e. The maximum Gasteiger partial charge on any atom is 0.420 e. The van der Waals surface area contributed by atoms with Crippen molar-refractivity contribution < 1.29 is 17.9 Å². The van der Waals surface area contributed by atoms with Crippen LogP contribution in [0.1, 0.15) is 31.7 Å². The fraction of sp³-hybridized carbons (Fsp3) is 0.304. The molecule has 3 aromatic rings. The summed E-state index contributed by atoms with van der Waals surface area (Å²) in [6.07, 6.45) is -0.518. The van der Waals surface area contributed by atoms with Gasteiger partial charge in [-0.15, -0.1) is 0 Å². The summed E-state index contributed by atoms with van der Waals surface area (Å²) in [4.78, 5) is 10.5. The van der Waals surface area contributed by atoms with Crippen LogP contribution in [0.25, 0.3) is 0 Å². The number of anilines is 2. The second-order valence-electron chi connectivity index (χ2n) is 6.91. The first kappa shape index (κ1) is 22.9. The molecular weight excluding hydrogens is 423 g/mol. The minimum atomic E-state index is -4.54. The van der Waals surface area contributed by atoms with Gasteiger partial charge < -0.3 is 9.64 Å². The number of ether oxygens (including phenoxy) is 1. The minimum absolute atomic E-state index is 0.137. The largest absolute Gasteiger partial charge is 0.494 e. The standard InChI is InChI=1S/C23H24F3N3OS/c1-3-4-8-14-30-18-11-9-10-17(15-18)29(2)22-27-16-20(23(24,25)26)21(28-22)31-19-12-6-5-7-13-19/h5-7,9-13,15-16H,3-4,8,14H2,1-2H3. The molecule has 0 spiro atoms. The molecule has 0 aliphatic carbocycles. The summed E-state index contributed by atoms with van der Waals surface area (Å²) in [6, 6.07) is 16.2. The van der Waals surface area contributed by atoms with Crippen molar-refractivity contribution in [3.05, 3.63) is 66.4 Å². The second kappa shape index (κ2) is 10.5. The Kier molecular flexibility index (Phi) is 7.79. The van der Waals surface area contributed by atoms with E-state index < -0.39 is 11.7 Å². The first-order valence-electron chi connectivity index (χ1n) is 10.0. The molecule has 3 rings (SSSR count). The molecular formula is C23H24F3N3OS. The zero-order chi connectivity index (χ0) is 22.3. The van der Waals surface area contributed by atoms with Crippen LogP contribution in [0.4, 0.5) is 24.8 Å². The van der Waals surface area contributed by atoms with Gasteiger partial charge in [0.15, 0.2) is 0 Å². The average Bonchev–Trinajstić information content (AvgIpc) is 2.76. The van der Waals surface area contributed by atoms with E-state index in [0.29, 0.717) is 17.3 Å². The summed E-state index contributed by atoms with van der Waals surface area (Å²) >= 11 is 0.964. The van der Waals surface area contributed by atoms with Gasteiger partial charge in [0.05, 0.1) is 6.61 Å². The first-order chi connectivity index (χ1) is 14.9. The van der Waals surface area contributed by atoms with E-state index in [4.69, 9.17) is 4.74 Å². The van der Waals surface area contributed by atoms with Gasteiger partial charge in [-0.2, -0.15) is 13.2 Å². The van der Waals surface area contributed by atoms with Crippen molar-refractivity contribution in [2.24, 2.45) is 0 Å². The molecule has 0 unspecified atom stereocenters. The molecule has 0 saturated heterocycles. The zero-order valence-electron chi connectivity index (χ0n) is 17.4. The Morgan fingerprint density at radius 3 is 2.52 bits per heavy atom. The summed E-state index contributed by atoms with van der Waals surface area (Å²) in [5, 5.41) is -0.137. The fourth-order valence-corrected chi connectivity index (χ4v) is 3.75. The van der Waals surface area contributed by atoms with Gasteiger partial charge in [-0.25, -0.2) is 9.97 Å². The first-order valence-corrected chi connectivity index (χ1v) is 10.8. The average molecular weight is 448 g/mol. The molecule has 0 N–H and O–H groups in total. The van der Waals surface area contributed by atoms with E-state index in [1.165, 1.54) is 0 Å². The molecule has 0 amide bonds. The van der Waals surface area contributed by atoms with E-state index >= 15 is 0 Å². The van der Waals surface area contributed by atoms with Gasteiger partial charge >= 0.3 is 6.18 Å². The predicted octanol–water partition coefficient (Wildman–Crippen LogP) is 6.98. The highest BCUT2D eigenvalue weighted by atomic mass is 32.2. The lowest BCUT2D eigenvalue weighted by Gasteiger charge is -2.20. The van der Waals surface area contributed by atoms with Gasteiger partial charge in [-0.05, 0) is 30.7 Å². The van der Waals surface area contributed by atoms with Crippen molar-refractivity contribution in [2.75, 3.05) is 18.6 Å².